The van der Waals surface area contributed by atoms with Gasteiger partial charge >= 0.3 is 0 Å². The molecule has 1 heterocycles. The number of primary amides is 1. The predicted molar refractivity (Wildman–Crippen MR) is 74.9 cm³/mol. The Labute approximate surface area is 117 Å². The van der Waals surface area contributed by atoms with Gasteiger partial charge in [0, 0.05) is 13.1 Å². The maximum absolute atomic E-state index is 14.2. The molecule has 2 rings (SSSR count). The van der Waals surface area contributed by atoms with E-state index in [0.29, 0.717) is 25.4 Å². The largest absolute Gasteiger partial charge is 0.377 e. The number of hydrogen-bond donors (Lipinski definition) is 2. The molecule has 20 heavy (non-hydrogen) atoms. The smallest absolute Gasteiger partial charge is 0.242 e. The van der Waals surface area contributed by atoms with Crippen LogP contribution in [0, 0.1) is 5.82 Å². The van der Waals surface area contributed by atoms with Gasteiger partial charge < -0.3 is 20.7 Å². The van der Waals surface area contributed by atoms with Crippen molar-refractivity contribution in [3.8, 4) is 0 Å². The zero-order valence-electron chi connectivity index (χ0n) is 11.6. The van der Waals surface area contributed by atoms with E-state index in [9.17, 15) is 9.18 Å². The van der Waals surface area contributed by atoms with Crippen molar-refractivity contribution < 1.29 is 13.9 Å². The van der Waals surface area contributed by atoms with Crippen LogP contribution in [0.15, 0.2) is 18.2 Å². The minimum atomic E-state index is -0.624. The molecule has 0 spiro atoms. The first-order chi connectivity index (χ1) is 9.65. The molecule has 5 nitrogen and oxygen atoms in total. The van der Waals surface area contributed by atoms with E-state index >= 15 is 0 Å². The molecule has 6 heteroatoms. The summed E-state index contributed by atoms with van der Waals surface area (Å²) in [7, 11) is 0. The highest BCUT2D eigenvalue weighted by atomic mass is 19.1. The van der Waals surface area contributed by atoms with Crippen molar-refractivity contribution in [3.05, 3.63) is 29.6 Å². The van der Waals surface area contributed by atoms with Gasteiger partial charge in [0.25, 0.3) is 0 Å². The van der Waals surface area contributed by atoms with Crippen LogP contribution in [0.4, 0.5) is 10.1 Å². The Morgan fingerprint density at radius 1 is 1.60 bits per heavy atom. The summed E-state index contributed by atoms with van der Waals surface area (Å²) in [6, 6.07) is 4.30. The van der Waals surface area contributed by atoms with E-state index in [1.54, 1.807) is 11.0 Å². The summed E-state index contributed by atoms with van der Waals surface area (Å²) in [5.74, 6) is -0.837. The zero-order chi connectivity index (χ0) is 14.5. The molecule has 1 aromatic rings. The van der Waals surface area contributed by atoms with Crippen LogP contribution in [0.5, 0.6) is 0 Å². The van der Waals surface area contributed by atoms with E-state index in [4.69, 9.17) is 10.5 Å². The lowest BCUT2D eigenvalue weighted by molar-refractivity contribution is -0.121. The van der Waals surface area contributed by atoms with Crippen LogP contribution >= 0.6 is 0 Å². The van der Waals surface area contributed by atoms with Gasteiger partial charge in [0.15, 0.2) is 0 Å². The van der Waals surface area contributed by atoms with E-state index in [1.807, 2.05) is 13.0 Å². The highest BCUT2D eigenvalue weighted by molar-refractivity contribution is 5.84. The van der Waals surface area contributed by atoms with Crippen molar-refractivity contribution in [2.24, 2.45) is 5.73 Å². The third-order valence-corrected chi connectivity index (χ3v) is 3.38. The normalized spacial score (nSPS) is 19.1. The first-order valence-electron chi connectivity index (χ1n) is 6.77. The Kier molecular flexibility index (Phi) is 4.92. The molecular weight excluding hydrogens is 261 g/mol. The number of nitrogens with one attached hydrogen (secondary N) is 1. The summed E-state index contributed by atoms with van der Waals surface area (Å²) >= 11 is 0. The summed E-state index contributed by atoms with van der Waals surface area (Å²) in [5.41, 5.74) is 6.66. The number of carbonyl (C=O) groups is 1. The third-order valence-electron chi connectivity index (χ3n) is 3.38. The molecule has 1 amide bonds. The molecular formula is C14H20FN3O2. The van der Waals surface area contributed by atoms with Gasteiger partial charge in [-0.25, -0.2) is 4.39 Å². The lowest BCUT2D eigenvalue weighted by Crippen LogP contribution is -2.53. The van der Waals surface area contributed by atoms with Crippen LogP contribution in [0.25, 0.3) is 0 Å². The van der Waals surface area contributed by atoms with Gasteiger partial charge in [0.05, 0.1) is 18.9 Å². The Bertz CT molecular complexity index is 481. The quantitative estimate of drug-likeness (QED) is 0.830. The summed E-state index contributed by atoms with van der Waals surface area (Å²) in [6.45, 7) is 4.43. The van der Waals surface area contributed by atoms with Crippen molar-refractivity contribution in [1.82, 2.24) is 5.32 Å². The Morgan fingerprint density at radius 2 is 2.40 bits per heavy atom. The van der Waals surface area contributed by atoms with Gasteiger partial charge in [0.1, 0.15) is 11.9 Å². The Morgan fingerprint density at radius 3 is 3.10 bits per heavy atom. The predicted octanol–water partition coefficient (Wildman–Crippen LogP) is 0.626. The minimum absolute atomic E-state index is 0.199. The lowest BCUT2D eigenvalue weighted by atomic mass is 10.1. The molecule has 1 saturated heterocycles. The molecule has 1 atom stereocenters. The first kappa shape index (κ1) is 14.7. The van der Waals surface area contributed by atoms with Gasteiger partial charge in [-0.3, -0.25) is 4.79 Å². The second-order valence-electron chi connectivity index (χ2n) is 4.71. The number of hydrogen-bond acceptors (Lipinski definition) is 4. The number of rotatable bonds is 5. The van der Waals surface area contributed by atoms with Crippen molar-refractivity contribution in [2.45, 2.75) is 19.5 Å². The average Bonchev–Trinajstić information content (AvgIpc) is 2.45. The average molecular weight is 281 g/mol. The maximum Gasteiger partial charge on any atom is 0.242 e. The number of ether oxygens (including phenoxy) is 1. The van der Waals surface area contributed by atoms with Crippen molar-refractivity contribution >= 4 is 11.6 Å². The summed E-state index contributed by atoms with van der Waals surface area (Å²) in [5, 5.41) is 3.17. The van der Waals surface area contributed by atoms with E-state index in [1.165, 1.54) is 6.07 Å². The highest BCUT2D eigenvalue weighted by Gasteiger charge is 2.30. The molecule has 1 fully saturated rings. The van der Waals surface area contributed by atoms with Gasteiger partial charge in [0.2, 0.25) is 5.91 Å². The molecule has 3 N–H and O–H groups in total. The number of para-hydroxylation sites is 1. The molecule has 1 aliphatic heterocycles. The number of anilines is 1. The number of carbonyl (C=O) groups excluding carboxylic acids is 1. The molecule has 0 aliphatic carbocycles. The molecule has 0 saturated carbocycles. The maximum atomic E-state index is 14.2. The van der Waals surface area contributed by atoms with Crippen molar-refractivity contribution in [3.63, 3.8) is 0 Å². The standard InChI is InChI=1S/C14H20FN3O2/c1-2-17-8-10-4-3-5-11(15)13(10)18-6-7-20-9-12(18)14(16)19/h3-5,12,17H,2,6-9H2,1H3,(H2,16,19). The van der Waals surface area contributed by atoms with Crippen LogP contribution in [0.3, 0.4) is 0 Å². The van der Waals surface area contributed by atoms with Crippen LogP contribution < -0.4 is 16.0 Å². The van der Waals surface area contributed by atoms with E-state index in [0.717, 1.165) is 12.1 Å². The molecule has 1 aliphatic rings. The number of nitrogens with two attached hydrogens (primary N) is 1. The highest BCUT2D eigenvalue weighted by Crippen LogP contribution is 2.27. The molecule has 0 bridgehead atoms. The first-order valence-corrected chi connectivity index (χ1v) is 6.77. The molecule has 0 radical (unpaired) electrons. The van der Waals surface area contributed by atoms with Crippen molar-refractivity contribution in [1.29, 1.82) is 0 Å². The van der Waals surface area contributed by atoms with Gasteiger partial charge in [-0.1, -0.05) is 19.1 Å². The Balaban J connectivity index is 2.35. The van der Waals surface area contributed by atoms with E-state index in [-0.39, 0.29) is 12.4 Å². The number of morpholine rings is 1. The van der Waals surface area contributed by atoms with E-state index in [2.05, 4.69) is 5.32 Å². The summed E-state index contributed by atoms with van der Waals surface area (Å²) < 4.78 is 19.5. The summed E-state index contributed by atoms with van der Waals surface area (Å²) in [4.78, 5) is 13.3. The minimum Gasteiger partial charge on any atom is -0.377 e. The van der Waals surface area contributed by atoms with Gasteiger partial charge in [-0.2, -0.15) is 0 Å². The fourth-order valence-electron chi connectivity index (χ4n) is 2.39. The van der Waals surface area contributed by atoms with Crippen LogP contribution in [0.2, 0.25) is 0 Å². The molecule has 110 valence electrons. The second kappa shape index (κ2) is 6.67. The molecule has 1 unspecified atom stereocenters. The zero-order valence-corrected chi connectivity index (χ0v) is 11.6. The summed E-state index contributed by atoms with van der Waals surface area (Å²) in [6.07, 6.45) is 0. The number of halogens is 1. The molecule has 0 aromatic heterocycles. The Hall–Kier alpha value is -1.66. The van der Waals surface area contributed by atoms with Gasteiger partial charge in [-0.15, -0.1) is 0 Å². The topological polar surface area (TPSA) is 67.6 Å². The van der Waals surface area contributed by atoms with E-state index < -0.39 is 11.9 Å². The fourth-order valence-corrected chi connectivity index (χ4v) is 2.39. The lowest BCUT2D eigenvalue weighted by Gasteiger charge is -2.36. The van der Waals surface area contributed by atoms with Crippen molar-refractivity contribution in [2.75, 3.05) is 31.2 Å². The van der Waals surface area contributed by atoms with Crippen LogP contribution in [0.1, 0.15) is 12.5 Å². The van der Waals surface area contributed by atoms with Crippen LogP contribution in [-0.2, 0) is 16.1 Å². The SMILES string of the molecule is CCNCc1cccc(F)c1N1CCOCC1C(N)=O. The fraction of sp³-hybridized carbons (Fsp3) is 0.500. The number of benzene rings is 1. The number of nitrogens with zero attached hydrogens (tertiary/aromatic N) is 1. The monoisotopic (exact) mass is 281 g/mol. The third kappa shape index (κ3) is 3.08. The number of amides is 1. The van der Waals surface area contributed by atoms with Crippen LogP contribution in [-0.4, -0.2) is 38.3 Å². The second-order valence-corrected chi connectivity index (χ2v) is 4.71. The van der Waals surface area contributed by atoms with Gasteiger partial charge in [-0.05, 0) is 18.2 Å². The molecule has 1 aromatic carbocycles.